The molecule has 0 unspecified atom stereocenters. The van der Waals surface area contributed by atoms with Gasteiger partial charge in [0.2, 0.25) is 0 Å². The molecule has 25 heavy (non-hydrogen) atoms. The Kier molecular flexibility index (Phi) is 4.53. The minimum Gasteiger partial charge on any atom is -0.493 e. The third-order valence-electron chi connectivity index (χ3n) is 4.04. The number of aromatic nitrogens is 2. The van der Waals surface area contributed by atoms with Crippen molar-refractivity contribution in [3.8, 4) is 22.8 Å². The Morgan fingerprint density at radius 2 is 1.92 bits per heavy atom. The van der Waals surface area contributed by atoms with E-state index in [2.05, 4.69) is 10.2 Å². The van der Waals surface area contributed by atoms with E-state index in [-0.39, 0.29) is 5.69 Å². The predicted molar refractivity (Wildman–Crippen MR) is 94.0 cm³/mol. The molecule has 0 fully saturated rings. The number of ether oxygens (including phenoxy) is 2. The zero-order chi connectivity index (χ0) is 18.0. The van der Waals surface area contributed by atoms with Gasteiger partial charge >= 0.3 is 0 Å². The number of non-ortho nitro benzene ring substituents is 1. The molecule has 1 heterocycles. The van der Waals surface area contributed by atoms with Crippen LogP contribution in [0, 0.1) is 10.1 Å². The maximum absolute atomic E-state index is 11.1. The molecule has 0 aliphatic rings. The number of nitro groups is 1. The monoisotopic (exact) mass is 342 g/mol. The smallest absolute Gasteiger partial charge is 0.270 e. The molecule has 0 bridgehead atoms. The number of nitro benzene ring substituents is 1. The minimum atomic E-state index is -0.425. The van der Waals surface area contributed by atoms with Gasteiger partial charge in [-0.3, -0.25) is 15.2 Å². The molecule has 8 nitrogen and oxygen atoms in total. The van der Waals surface area contributed by atoms with Crippen LogP contribution in [0.5, 0.6) is 11.5 Å². The van der Waals surface area contributed by atoms with Gasteiger partial charge in [-0.15, -0.1) is 0 Å². The summed E-state index contributed by atoms with van der Waals surface area (Å²) in [5, 5.41) is 19.0. The molecule has 0 amide bonds. The van der Waals surface area contributed by atoms with E-state index in [4.69, 9.17) is 15.2 Å². The average Bonchev–Trinajstić information content (AvgIpc) is 3.04. The van der Waals surface area contributed by atoms with Crippen LogP contribution in [0.25, 0.3) is 22.2 Å². The first-order chi connectivity index (χ1) is 12.1. The van der Waals surface area contributed by atoms with E-state index in [1.165, 1.54) is 12.1 Å². The topological polar surface area (TPSA) is 116 Å². The maximum atomic E-state index is 11.1. The molecular formula is C17H18N4O4. The second-order valence-corrected chi connectivity index (χ2v) is 5.46. The van der Waals surface area contributed by atoms with Crippen LogP contribution in [-0.2, 0) is 6.42 Å². The van der Waals surface area contributed by atoms with Crippen molar-refractivity contribution in [2.45, 2.75) is 6.42 Å². The quantitative estimate of drug-likeness (QED) is 0.525. The first kappa shape index (κ1) is 16.7. The summed E-state index contributed by atoms with van der Waals surface area (Å²) in [5.41, 5.74) is 8.80. The van der Waals surface area contributed by atoms with Crippen LogP contribution in [0.4, 0.5) is 5.69 Å². The van der Waals surface area contributed by atoms with Crippen LogP contribution < -0.4 is 15.2 Å². The van der Waals surface area contributed by atoms with Gasteiger partial charge in [0.25, 0.3) is 5.69 Å². The Labute approximate surface area is 143 Å². The van der Waals surface area contributed by atoms with E-state index in [1.54, 1.807) is 20.3 Å². The molecule has 0 atom stereocenters. The Bertz CT molecular complexity index is 936. The molecule has 3 rings (SSSR count). The van der Waals surface area contributed by atoms with Crippen molar-refractivity contribution in [1.29, 1.82) is 0 Å². The van der Waals surface area contributed by atoms with Crippen LogP contribution in [0.15, 0.2) is 30.3 Å². The summed E-state index contributed by atoms with van der Waals surface area (Å²) in [6.07, 6.45) is 0.610. The molecule has 3 aromatic rings. The van der Waals surface area contributed by atoms with E-state index < -0.39 is 4.92 Å². The molecule has 0 spiro atoms. The third kappa shape index (κ3) is 2.99. The summed E-state index contributed by atoms with van der Waals surface area (Å²) >= 11 is 0. The highest BCUT2D eigenvalue weighted by Crippen LogP contribution is 2.38. The summed E-state index contributed by atoms with van der Waals surface area (Å²) in [7, 11) is 3.12. The Morgan fingerprint density at radius 1 is 1.20 bits per heavy atom. The van der Waals surface area contributed by atoms with Crippen molar-refractivity contribution in [3.63, 3.8) is 0 Å². The van der Waals surface area contributed by atoms with Crippen LogP contribution >= 0.6 is 0 Å². The molecule has 0 saturated heterocycles. The molecule has 0 aliphatic heterocycles. The van der Waals surface area contributed by atoms with Crippen LogP contribution in [-0.4, -0.2) is 35.9 Å². The molecule has 0 aliphatic carbocycles. The highest BCUT2D eigenvalue weighted by molar-refractivity contribution is 5.95. The van der Waals surface area contributed by atoms with Crippen molar-refractivity contribution in [2.24, 2.45) is 5.73 Å². The van der Waals surface area contributed by atoms with Gasteiger partial charge in [-0.1, -0.05) is 0 Å². The SMILES string of the molecule is COc1cc(CCN)c(-c2n[nH]c3ccc([N+](=O)[O-])cc23)cc1OC. The minimum absolute atomic E-state index is 0.0102. The van der Waals surface area contributed by atoms with E-state index >= 15 is 0 Å². The standard InChI is InChI=1S/C17H18N4O4/c1-24-15-7-10(5-6-18)12(9-16(15)25-2)17-13-8-11(21(22)23)3-4-14(13)19-20-17/h3-4,7-9H,5-6,18H2,1-2H3,(H,19,20). The largest absolute Gasteiger partial charge is 0.493 e. The normalized spacial score (nSPS) is 10.8. The summed E-state index contributed by atoms with van der Waals surface area (Å²) in [4.78, 5) is 10.7. The van der Waals surface area contributed by atoms with E-state index in [1.807, 2.05) is 12.1 Å². The lowest BCUT2D eigenvalue weighted by Gasteiger charge is -2.13. The fourth-order valence-electron chi connectivity index (χ4n) is 2.82. The van der Waals surface area contributed by atoms with Crippen molar-refractivity contribution >= 4 is 16.6 Å². The van der Waals surface area contributed by atoms with Crippen molar-refractivity contribution in [1.82, 2.24) is 10.2 Å². The van der Waals surface area contributed by atoms with E-state index in [0.29, 0.717) is 41.1 Å². The lowest BCUT2D eigenvalue weighted by molar-refractivity contribution is -0.384. The van der Waals surface area contributed by atoms with Gasteiger partial charge in [-0.2, -0.15) is 5.10 Å². The van der Waals surface area contributed by atoms with Gasteiger partial charge in [0.1, 0.15) is 5.69 Å². The molecular weight excluding hydrogens is 324 g/mol. The summed E-state index contributed by atoms with van der Waals surface area (Å²) in [6.45, 7) is 0.449. The highest BCUT2D eigenvalue weighted by Gasteiger charge is 2.18. The molecule has 8 heteroatoms. The molecule has 0 radical (unpaired) electrons. The third-order valence-corrected chi connectivity index (χ3v) is 4.04. The molecule has 0 saturated carbocycles. The van der Waals surface area contributed by atoms with Gasteiger partial charge < -0.3 is 15.2 Å². The van der Waals surface area contributed by atoms with Crippen LogP contribution in [0.1, 0.15) is 5.56 Å². The molecule has 130 valence electrons. The van der Waals surface area contributed by atoms with Gasteiger partial charge in [0.05, 0.1) is 24.7 Å². The van der Waals surface area contributed by atoms with Crippen molar-refractivity contribution in [3.05, 3.63) is 46.0 Å². The number of hydrogen-bond acceptors (Lipinski definition) is 6. The van der Waals surface area contributed by atoms with Gasteiger partial charge in [0.15, 0.2) is 11.5 Å². The Hall–Kier alpha value is -3.13. The number of nitrogens with two attached hydrogens (primary N) is 1. The molecule has 1 aromatic heterocycles. The Balaban J connectivity index is 2.25. The number of nitrogens with one attached hydrogen (secondary N) is 1. The lowest BCUT2D eigenvalue weighted by Crippen LogP contribution is -2.05. The second kappa shape index (κ2) is 6.78. The lowest BCUT2D eigenvalue weighted by atomic mass is 9.98. The second-order valence-electron chi connectivity index (χ2n) is 5.46. The van der Waals surface area contributed by atoms with Crippen LogP contribution in [0.2, 0.25) is 0 Å². The van der Waals surface area contributed by atoms with Crippen molar-refractivity contribution in [2.75, 3.05) is 20.8 Å². The fraction of sp³-hybridized carbons (Fsp3) is 0.235. The van der Waals surface area contributed by atoms with E-state index in [0.717, 1.165) is 11.1 Å². The average molecular weight is 342 g/mol. The number of benzene rings is 2. The number of rotatable bonds is 6. The summed E-state index contributed by atoms with van der Waals surface area (Å²) in [5.74, 6) is 1.15. The van der Waals surface area contributed by atoms with Gasteiger partial charge in [-0.05, 0) is 36.7 Å². The molecule has 3 N–H and O–H groups in total. The highest BCUT2D eigenvalue weighted by atomic mass is 16.6. The zero-order valence-electron chi connectivity index (χ0n) is 13.9. The van der Waals surface area contributed by atoms with Gasteiger partial charge in [0, 0.05) is 23.1 Å². The zero-order valence-corrected chi connectivity index (χ0v) is 13.9. The number of nitrogens with zero attached hydrogens (tertiary/aromatic N) is 2. The summed E-state index contributed by atoms with van der Waals surface area (Å²) < 4.78 is 10.7. The number of hydrogen-bond donors (Lipinski definition) is 2. The predicted octanol–water partition coefficient (Wildman–Crippen LogP) is 2.66. The fourth-order valence-corrected chi connectivity index (χ4v) is 2.82. The number of aromatic amines is 1. The van der Waals surface area contributed by atoms with Crippen molar-refractivity contribution < 1.29 is 14.4 Å². The Morgan fingerprint density at radius 3 is 2.56 bits per heavy atom. The van der Waals surface area contributed by atoms with E-state index in [9.17, 15) is 10.1 Å². The first-order valence-electron chi connectivity index (χ1n) is 7.67. The molecule has 2 aromatic carbocycles. The van der Waals surface area contributed by atoms with Gasteiger partial charge in [-0.25, -0.2) is 0 Å². The van der Waals surface area contributed by atoms with Crippen LogP contribution in [0.3, 0.4) is 0 Å². The number of fused-ring (bicyclic) bond motifs is 1. The maximum Gasteiger partial charge on any atom is 0.270 e. The number of methoxy groups -OCH3 is 2. The first-order valence-corrected chi connectivity index (χ1v) is 7.67. The number of H-pyrrole nitrogens is 1. The summed E-state index contributed by atoms with van der Waals surface area (Å²) in [6, 6.07) is 8.28.